The van der Waals surface area contributed by atoms with Crippen LogP contribution in [0.5, 0.6) is 0 Å². The molecule has 0 saturated carbocycles. The molecule has 0 radical (unpaired) electrons. The van der Waals surface area contributed by atoms with Crippen LogP contribution < -0.4 is 10.5 Å². The largest absolute Gasteiger partial charge is 0.399 e. The molecular weight excluding hydrogens is 260 g/mol. The first kappa shape index (κ1) is 13.4. The molecule has 0 fully saturated rings. The topological polar surface area (TPSA) is 72.2 Å². The van der Waals surface area contributed by atoms with Gasteiger partial charge in [0.2, 0.25) is 0 Å². The van der Waals surface area contributed by atoms with Gasteiger partial charge >= 0.3 is 0 Å². The second kappa shape index (κ2) is 4.93. The van der Waals surface area contributed by atoms with E-state index in [0.29, 0.717) is 11.4 Å². The van der Waals surface area contributed by atoms with Gasteiger partial charge in [0.05, 0.1) is 4.90 Å². The lowest BCUT2D eigenvalue weighted by atomic mass is 10.2. The zero-order chi connectivity index (χ0) is 14.0. The number of hydrogen-bond donors (Lipinski definition) is 2. The summed E-state index contributed by atoms with van der Waals surface area (Å²) in [4.78, 5) is 0.287. The van der Waals surface area contributed by atoms with Gasteiger partial charge in [-0.05, 0) is 49.7 Å². The molecule has 3 N–H and O–H groups in total. The monoisotopic (exact) mass is 276 g/mol. The van der Waals surface area contributed by atoms with Crippen molar-refractivity contribution in [1.82, 2.24) is 0 Å². The van der Waals surface area contributed by atoms with Crippen LogP contribution in [0.4, 0.5) is 11.4 Å². The van der Waals surface area contributed by atoms with E-state index in [9.17, 15) is 8.42 Å². The summed E-state index contributed by atoms with van der Waals surface area (Å²) in [7, 11) is -3.56. The molecule has 2 aromatic rings. The number of aryl methyl sites for hydroxylation is 2. The molecule has 0 aliphatic rings. The minimum absolute atomic E-state index is 0.287. The van der Waals surface area contributed by atoms with Gasteiger partial charge in [0.1, 0.15) is 0 Å². The van der Waals surface area contributed by atoms with Gasteiger partial charge in [-0.25, -0.2) is 8.42 Å². The summed E-state index contributed by atoms with van der Waals surface area (Å²) in [5.74, 6) is 0. The normalized spacial score (nSPS) is 11.3. The standard InChI is InChI=1S/C14H16N2O2S/c1-10-3-8-14(11(2)9-10)19(17,18)16-13-6-4-12(15)5-7-13/h3-9,16H,15H2,1-2H3. The number of benzene rings is 2. The summed E-state index contributed by atoms with van der Waals surface area (Å²) in [6.45, 7) is 3.71. The molecule has 0 aromatic heterocycles. The van der Waals surface area contributed by atoms with Crippen molar-refractivity contribution in [2.45, 2.75) is 18.7 Å². The van der Waals surface area contributed by atoms with E-state index in [0.717, 1.165) is 11.1 Å². The molecule has 0 spiro atoms. The molecule has 5 heteroatoms. The number of rotatable bonds is 3. The van der Waals surface area contributed by atoms with Gasteiger partial charge in [0, 0.05) is 11.4 Å². The zero-order valence-electron chi connectivity index (χ0n) is 10.8. The first-order valence-electron chi connectivity index (χ1n) is 5.84. The number of nitrogens with two attached hydrogens (primary N) is 1. The highest BCUT2D eigenvalue weighted by Gasteiger charge is 2.16. The van der Waals surface area contributed by atoms with Gasteiger partial charge in [0.25, 0.3) is 10.0 Å². The van der Waals surface area contributed by atoms with E-state index in [2.05, 4.69) is 4.72 Å². The Morgan fingerprint density at radius 3 is 2.21 bits per heavy atom. The summed E-state index contributed by atoms with van der Waals surface area (Å²) < 4.78 is 27.1. The van der Waals surface area contributed by atoms with Crippen LogP contribution in [0.25, 0.3) is 0 Å². The first-order valence-corrected chi connectivity index (χ1v) is 7.32. The van der Waals surface area contributed by atoms with Crippen LogP contribution >= 0.6 is 0 Å². The maximum absolute atomic E-state index is 12.3. The van der Waals surface area contributed by atoms with E-state index in [1.54, 1.807) is 43.3 Å². The highest BCUT2D eigenvalue weighted by atomic mass is 32.2. The van der Waals surface area contributed by atoms with Crippen molar-refractivity contribution in [1.29, 1.82) is 0 Å². The van der Waals surface area contributed by atoms with Crippen LogP contribution in [-0.4, -0.2) is 8.42 Å². The highest BCUT2D eigenvalue weighted by Crippen LogP contribution is 2.20. The number of sulfonamides is 1. The fourth-order valence-electron chi connectivity index (χ4n) is 1.86. The van der Waals surface area contributed by atoms with Crippen LogP contribution in [0, 0.1) is 13.8 Å². The lowest BCUT2D eigenvalue weighted by Crippen LogP contribution is -2.14. The molecule has 19 heavy (non-hydrogen) atoms. The molecule has 0 amide bonds. The van der Waals surface area contributed by atoms with E-state index < -0.39 is 10.0 Å². The molecule has 0 atom stereocenters. The van der Waals surface area contributed by atoms with E-state index in [1.807, 2.05) is 13.0 Å². The van der Waals surface area contributed by atoms with E-state index in [4.69, 9.17) is 5.73 Å². The average molecular weight is 276 g/mol. The minimum atomic E-state index is -3.56. The number of nitrogens with one attached hydrogen (secondary N) is 1. The van der Waals surface area contributed by atoms with Crippen molar-refractivity contribution in [2.75, 3.05) is 10.5 Å². The van der Waals surface area contributed by atoms with E-state index in [-0.39, 0.29) is 4.90 Å². The molecule has 0 saturated heterocycles. The second-order valence-corrected chi connectivity index (χ2v) is 6.15. The third-order valence-electron chi connectivity index (χ3n) is 2.78. The maximum Gasteiger partial charge on any atom is 0.262 e. The fraction of sp³-hybridized carbons (Fsp3) is 0.143. The minimum Gasteiger partial charge on any atom is -0.399 e. The molecule has 4 nitrogen and oxygen atoms in total. The number of anilines is 2. The molecule has 2 rings (SSSR count). The predicted molar refractivity (Wildman–Crippen MR) is 77.6 cm³/mol. The first-order chi connectivity index (χ1) is 8.88. The second-order valence-electron chi connectivity index (χ2n) is 4.50. The molecule has 0 unspecified atom stereocenters. The summed E-state index contributed by atoms with van der Waals surface area (Å²) in [6.07, 6.45) is 0. The Morgan fingerprint density at radius 1 is 1.00 bits per heavy atom. The van der Waals surface area contributed by atoms with Gasteiger partial charge in [-0.15, -0.1) is 0 Å². The van der Waals surface area contributed by atoms with Gasteiger partial charge in [-0.1, -0.05) is 17.7 Å². The Bertz CT molecular complexity index is 692. The average Bonchev–Trinajstić information content (AvgIpc) is 2.31. The Balaban J connectivity index is 2.35. The zero-order valence-corrected chi connectivity index (χ0v) is 11.7. The Morgan fingerprint density at radius 2 is 1.63 bits per heavy atom. The third kappa shape index (κ3) is 3.06. The molecule has 0 aliphatic heterocycles. The van der Waals surface area contributed by atoms with Crippen molar-refractivity contribution < 1.29 is 8.42 Å². The van der Waals surface area contributed by atoms with Crippen molar-refractivity contribution in [3.63, 3.8) is 0 Å². The highest BCUT2D eigenvalue weighted by molar-refractivity contribution is 7.92. The van der Waals surface area contributed by atoms with E-state index >= 15 is 0 Å². The van der Waals surface area contributed by atoms with Gasteiger partial charge < -0.3 is 5.73 Å². The fourth-order valence-corrected chi connectivity index (χ4v) is 3.15. The van der Waals surface area contributed by atoms with Crippen LogP contribution in [0.3, 0.4) is 0 Å². The molecule has 0 bridgehead atoms. The van der Waals surface area contributed by atoms with Crippen molar-refractivity contribution in [3.05, 3.63) is 53.6 Å². The summed E-state index contributed by atoms with van der Waals surface area (Å²) in [5, 5.41) is 0. The molecule has 2 aromatic carbocycles. The Hall–Kier alpha value is -2.01. The summed E-state index contributed by atoms with van der Waals surface area (Å²) in [5.41, 5.74) is 8.41. The Labute approximate surface area is 113 Å². The third-order valence-corrected chi connectivity index (χ3v) is 4.32. The summed E-state index contributed by atoms with van der Waals surface area (Å²) in [6, 6.07) is 11.8. The molecular formula is C14H16N2O2S. The quantitative estimate of drug-likeness (QED) is 0.847. The number of nitrogen functional groups attached to an aromatic ring is 1. The van der Waals surface area contributed by atoms with E-state index in [1.165, 1.54) is 0 Å². The SMILES string of the molecule is Cc1ccc(S(=O)(=O)Nc2ccc(N)cc2)c(C)c1. The summed E-state index contributed by atoms with van der Waals surface area (Å²) >= 11 is 0. The van der Waals surface area contributed by atoms with Gasteiger partial charge in [0.15, 0.2) is 0 Å². The smallest absolute Gasteiger partial charge is 0.262 e. The van der Waals surface area contributed by atoms with Crippen LogP contribution in [0.2, 0.25) is 0 Å². The van der Waals surface area contributed by atoms with Crippen molar-refractivity contribution >= 4 is 21.4 Å². The van der Waals surface area contributed by atoms with Crippen LogP contribution in [-0.2, 0) is 10.0 Å². The maximum atomic E-state index is 12.3. The lowest BCUT2D eigenvalue weighted by molar-refractivity contribution is 0.600. The molecule has 100 valence electrons. The van der Waals surface area contributed by atoms with Crippen LogP contribution in [0.15, 0.2) is 47.4 Å². The molecule has 0 aliphatic carbocycles. The van der Waals surface area contributed by atoms with Gasteiger partial charge in [-0.3, -0.25) is 4.72 Å². The van der Waals surface area contributed by atoms with Crippen molar-refractivity contribution in [2.24, 2.45) is 0 Å². The number of hydrogen-bond acceptors (Lipinski definition) is 3. The Kier molecular flexibility index (Phi) is 3.48. The van der Waals surface area contributed by atoms with Crippen LogP contribution in [0.1, 0.15) is 11.1 Å². The van der Waals surface area contributed by atoms with Crippen molar-refractivity contribution in [3.8, 4) is 0 Å². The van der Waals surface area contributed by atoms with Gasteiger partial charge in [-0.2, -0.15) is 0 Å². The lowest BCUT2D eigenvalue weighted by Gasteiger charge is -2.11. The predicted octanol–water partition coefficient (Wildman–Crippen LogP) is 2.69. The molecule has 0 heterocycles.